The second kappa shape index (κ2) is 11.6. The Morgan fingerprint density at radius 2 is 1.91 bits per heavy atom. The summed E-state index contributed by atoms with van der Waals surface area (Å²) >= 11 is 7.66. The van der Waals surface area contributed by atoms with E-state index in [4.69, 9.17) is 16.3 Å². The smallest absolute Gasteiger partial charge is 0.338 e. The molecule has 0 atom stereocenters. The lowest BCUT2D eigenvalue weighted by atomic mass is 10.0. The molecular weight excluding hydrogens is 614 g/mol. The molecule has 2 N–H and O–H groups in total. The first kappa shape index (κ1) is 29.7. The van der Waals surface area contributed by atoms with Crippen LogP contribution in [0.2, 0.25) is 5.02 Å². The van der Waals surface area contributed by atoms with Gasteiger partial charge in [0.15, 0.2) is 0 Å². The highest BCUT2D eigenvalue weighted by Crippen LogP contribution is 2.40. The number of halogens is 1. The van der Waals surface area contributed by atoms with Crippen molar-refractivity contribution >= 4 is 50.0 Å². The van der Waals surface area contributed by atoms with Crippen molar-refractivity contribution in [2.45, 2.75) is 27.3 Å². The maximum absolute atomic E-state index is 13.8. The summed E-state index contributed by atoms with van der Waals surface area (Å²) in [5, 5.41) is 32.1. The molecule has 0 amide bonds. The van der Waals surface area contributed by atoms with Gasteiger partial charge >= 0.3 is 5.97 Å². The number of ether oxygens (including phenoxy) is 1. The fourth-order valence-corrected chi connectivity index (χ4v) is 6.42. The lowest BCUT2D eigenvalue weighted by Gasteiger charge is -2.16. The van der Waals surface area contributed by atoms with Gasteiger partial charge in [0.05, 0.1) is 50.7 Å². The number of carbonyl (C=O) groups is 1. The van der Waals surface area contributed by atoms with Gasteiger partial charge in [0.2, 0.25) is 0 Å². The number of phenolic OH excluding ortho intramolecular Hbond substituents is 1. The van der Waals surface area contributed by atoms with Gasteiger partial charge in [-0.1, -0.05) is 23.7 Å². The minimum Gasteiger partial charge on any atom is -0.508 e. The average Bonchev–Trinajstić information content (AvgIpc) is 3.44. The summed E-state index contributed by atoms with van der Waals surface area (Å²) in [6, 6.07) is 14.1. The van der Waals surface area contributed by atoms with Crippen molar-refractivity contribution in [3.8, 4) is 40.0 Å². The third-order valence-corrected chi connectivity index (χ3v) is 8.71. The normalized spacial score (nSPS) is 11.2. The molecule has 224 valence electrons. The molecule has 0 saturated carbocycles. The number of rotatable bonds is 7. The molecule has 0 fully saturated rings. The lowest BCUT2D eigenvalue weighted by molar-refractivity contribution is 0.0699. The third kappa shape index (κ3) is 5.35. The highest BCUT2D eigenvalue weighted by molar-refractivity contribution is 7.18. The summed E-state index contributed by atoms with van der Waals surface area (Å²) in [4.78, 5) is 39.0. The number of nitrogens with zero attached hydrogens (tertiary/aromatic N) is 5. The van der Waals surface area contributed by atoms with Crippen LogP contribution in [0.15, 0.2) is 58.8 Å². The average molecular weight is 638 g/mol. The van der Waals surface area contributed by atoms with E-state index in [0.29, 0.717) is 54.7 Å². The van der Waals surface area contributed by atoms with Crippen molar-refractivity contribution in [3.63, 3.8) is 0 Å². The molecule has 0 bridgehead atoms. The topological polar surface area (TPSA) is 151 Å². The zero-order valence-electron chi connectivity index (χ0n) is 24.3. The minimum atomic E-state index is -1.06. The number of carboxylic acid groups (broad SMARTS) is 1. The Kier molecular flexibility index (Phi) is 7.70. The van der Waals surface area contributed by atoms with Gasteiger partial charge in [-0.25, -0.2) is 9.78 Å². The summed E-state index contributed by atoms with van der Waals surface area (Å²) < 4.78 is 8.34. The van der Waals surface area contributed by atoms with Crippen LogP contribution >= 0.6 is 22.9 Å². The Morgan fingerprint density at radius 1 is 1.11 bits per heavy atom. The molecule has 0 aliphatic rings. The monoisotopic (exact) mass is 637 g/mol. The molecule has 4 heterocycles. The Labute approximate surface area is 265 Å². The molecule has 0 radical (unpaired) electrons. The van der Waals surface area contributed by atoms with Crippen LogP contribution in [0.3, 0.4) is 0 Å². The van der Waals surface area contributed by atoms with E-state index >= 15 is 0 Å². The van der Waals surface area contributed by atoms with E-state index in [1.165, 1.54) is 28.2 Å². The van der Waals surface area contributed by atoms with E-state index in [-0.39, 0.29) is 41.1 Å². The molecule has 12 heteroatoms. The number of benzene rings is 2. The SMILES string of the molecule is Cc1cc(-c2cc(Cl)ccc2OCCn2c(C)nc3cnc(-c4ccc(C)c(O)c4)c(C#N)c3c2=O)c2scc(C(=O)O)c2n1. The van der Waals surface area contributed by atoms with E-state index < -0.39 is 11.5 Å². The number of hydrogen-bond donors (Lipinski definition) is 2. The second-order valence-corrected chi connectivity index (χ2v) is 11.7. The Morgan fingerprint density at radius 3 is 2.64 bits per heavy atom. The van der Waals surface area contributed by atoms with Crippen molar-refractivity contribution in [2.24, 2.45) is 0 Å². The van der Waals surface area contributed by atoms with Crippen molar-refractivity contribution in [1.29, 1.82) is 5.26 Å². The molecule has 10 nitrogen and oxygen atoms in total. The highest BCUT2D eigenvalue weighted by Gasteiger charge is 2.21. The van der Waals surface area contributed by atoms with Crippen LogP contribution in [0.4, 0.5) is 0 Å². The second-order valence-electron chi connectivity index (χ2n) is 10.4. The fourth-order valence-electron chi connectivity index (χ4n) is 5.24. The Balaban J connectivity index is 1.37. The van der Waals surface area contributed by atoms with Crippen molar-refractivity contribution < 1.29 is 19.7 Å². The van der Waals surface area contributed by atoms with E-state index in [1.807, 2.05) is 6.07 Å². The van der Waals surface area contributed by atoms with Gasteiger partial charge in [-0.2, -0.15) is 5.26 Å². The van der Waals surface area contributed by atoms with E-state index in [2.05, 4.69) is 21.0 Å². The zero-order valence-corrected chi connectivity index (χ0v) is 25.8. The number of aromatic carboxylic acids is 1. The molecule has 0 aliphatic carbocycles. The van der Waals surface area contributed by atoms with Gasteiger partial charge in [-0.3, -0.25) is 19.3 Å². The number of aromatic nitrogens is 4. The van der Waals surface area contributed by atoms with E-state index in [1.54, 1.807) is 56.5 Å². The summed E-state index contributed by atoms with van der Waals surface area (Å²) in [6.45, 7) is 5.44. The first-order valence-corrected chi connectivity index (χ1v) is 15.0. The van der Waals surface area contributed by atoms with Crippen LogP contribution in [-0.4, -0.2) is 42.3 Å². The van der Waals surface area contributed by atoms with Crippen molar-refractivity contribution in [2.75, 3.05) is 6.61 Å². The lowest BCUT2D eigenvalue weighted by Crippen LogP contribution is -2.27. The molecule has 0 spiro atoms. The highest BCUT2D eigenvalue weighted by atomic mass is 35.5. The van der Waals surface area contributed by atoms with Gasteiger partial charge in [-0.15, -0.1) is 11.3 Å². The maximum atomic E-state index is 13.8. The van der Waals surface area contributed by atoms with Gasteiger partial charge in [0.25, 0.3) is 5.56 Å². The Hall–Kier alpha value is -5.31. The van der Waals surface area contributed by atoms with E-state index in [9.17, 15) is 25.1 Å². The van der Waals surface area contributed by atoms with Crippen LogP contribution in [0.1, 0.15) is 33.0 Å². The van der Waals surface area contributed by atoms with Gasteiger partial charge in [0, 0.05) is 32.8 Å². The molecule has 0 saturated heterocycles. The van der Waals surface area contributed by atoms with Gasteiger partial charge in [-0.05, 0) is 56.7 Å². The molecule has 0 unspecified atom stereocenters. The zero-order chi connectivity index (χ0) is 32.0. The van der Waals surface area contributed by atoms with Crippen molar-refractivity contribution in [1.82, 2.24) is 19.5 Å². The van der Waals surface area contributed by atoms with Gasteiger partial charge in [0.1, 0.15) is 30.0 Å². The first-order valence-electron chi connectivity index (χ1n) is 13.7. The van der Waals surface area contributed by atoms with Crippen LogP contribution in [-0.2, 0) is 6.54 Å². The van der Waals surface area contributed by atoms with Crippen molar-refractivity contribution in [3.05, 3.63) is 97.6 Å². The number of aryl methyl sites for hydroxylation is 3. The number of phenols is 1. The first-order chi connectivity index (χ1) is 21.6. The minimum absolute atomic E-state index is 0.0560. The summed E-state index contributed by atoms with van der Waals surface area (Å²) in [6.07, 6.45) is 1.45. The van der Waals surface area contributed by atoms with Crippen LogP contribution in [0.25, 0.3) is 43.5 Å². The standard InChI is InChI=1S/C33H24ClN5O5S/c1-16-4-5-19(11-26(16)40)29-23(13-35)28-25(14-36-29)38-18(3)39(32(28)41)8-9-44-27-7-6-20(34)12-21(27)22-10-17(2)37-30-24(33(42)43)15-45-31(22)30/h4-7,10-12,14-15,40H,8-9H2,1-3H3,(H,42,43). The number of hydrogen-bond acceptors (Lipinski definition) is 9. The molecule has 45 heavy (non-hydrogen) atoms. The molecule has 6 aromatic rings. The Bertz CT molecular complexity index is 2290. The van der Waals surface area contributed by atoms with Crippen LogP contribution in [0.5, 0.6) is 11.5 Å². The van der Waals surface area contributed by atoms with Crippen LogP contribution < -0.4 is 10.3 Å². The summed E-state index contributed by atoms with van der Waals surface area (Å²) in [5.41, 5.74) is 3.92. The fraction of sp³-hybridized carbons (Fsp3) is 0.152. The number of nitriles is 1. The predicted octanol–water partition coefficient (Wildman–Crippen LogP) is 6.67. The quantitative estimate of drug-likeness (QED) is 0.195. The molecule has 4 aromatic heterocycles. The summed E-state index contributed by atoms with van der Waals surface area (Å²) in [7, 11) is 0. The number of carboxylic acids is 1. The molecular formula is C33H24ClN5O5S. The molecule has 2 aromatic carbocycles. The molecule has 6 rings (SSSR count). The van der Waals surface area contributed by atoms with Gasteiger partial charge < -0.3 is 14.9 Å². The van der Waals surface area contributed by atoms with E-state index in [0.717, 1.165) is 5.56 Å². The van der Waals surface area contributed by atoms with Crippen LogP contribution in [0, 0.1) is 32.1 Å². The number of pyridine rings is 2. The predicted molar refractivity (Wildman–Crippen MR) is 172 cm³/mol. The number of aromatic hydroxyl groups is 1. The largest absolute Gasteiger partial charge is 0.508 e. The summed E-state index contributed by atoms with van der Waals surface area (Å²) in [5.74, 6) is -0.0952. The number of fused-ring (bicyclic) bond motifs is 2. The number of thiophene rings is 1. The maximum Gasteiger partial charge on any atom is 0.338 e. The third-order valence-electron chi connectivity index (χ3n) is 7.47. The molecule has 0 aliphatic heterocycles.